The lowest BCUT2D eigenvalue weighted by atomic mass is 10.1. The summed E-state index contributed by atoms with van der Waals surface area (Å²) in [5, 5.41) is 4.64. The molecule has 3 nitrogen and oxygen atoms in total. The third kappa shape index (κ3) is 3.44. The Morgan fingerprint density at radius 2 is 2.14 bits per heavy atom. The normalized spacial score (nSPS) is 14.4. The molecule has 1 aromatic carbocycles. The molecule has 112 valence electrons. The Labute approximate surface area is 130 Å². The molecule has 1 saturated carbocycles. The third-order valence-electron chi connectivity index (χ3n) is 3.81. The summed E-state index contributed by atoms with van der Waals surface area (Å²) in [4.78, 5) is 6.34. The Morgan fingerprint density at radius 3 is 2.86 bits per heavy atom. The maximum absolute atomic E-state index is 5.44. The molecule has 1 aromatic heterocycles. The number of rotatable bonds is 7. The fourth-order valence-electron chi connectivity index (χ4n) is 2.54. The van der Waals surface area contributed by atoms with Crippen molar-refractivity contribution in [2.24, 2.45) is 0 Å². The van der Waals surface area contributed by atoms with Gasteiger partial charge in [-0.25, -0.2) is 4.98 Å². The van der Waals surface area contributed by atoms with Crippen LogP contribution in [0.3, 0.4) is 0 Å². The highest BCUT2D eigenvalue weighted by atomic mass is 32.1. The van der Waals surface area contributed by atoms with E-state index in [0.717, 1.165) is 25.3 Å². The number of para-hydroxylation sites is 1. The van der Waals surface area contributed by atoms with Gasteiger partial charge in [0.1, 0.15) is 5.75 Å². The maximum Gasteiger partial charge on any atom is 0.122 e. The lowest BCUT2D eigenvalue weighted by Gasteiger charge is -2.05. The molecule has 2 aromatic rings. The first-order valence-corrected chi connectivity index (χ1v) is 8.44. The lowest BCUT2D eigenvalue weighted by Crippen LogP contribution is -2.11. The number of ether oxygens (including phenoxy) is 1. The number of hydrogen-bond acceptors (Lipinski definition) is 4. The summed E-state index contributed by atoms with van der Waals surface area (Å²) in [5.41, 5.74) is 2.55. The van der Waals surface area contributed by atoms with Crippen molar-refractivity contribution >= 4 is 11.3 Å². The van der Waals surface area contributed by atoms with Crippen molar-refractivity contribution in [3.8, 4) is 5.75 Å². The molecule has 1 fully saturated rings. The van der Waals surface area contributed by atoms with Gasteiger partial charge in [-0.3, -0.25) is 0 Å². The average Bonchev–Trinajstić information content (AvgIpc) is 3.28. The predicted molar refractivity (Wildman–Crippen MR) is 87.3 cm³/mol. The molecule has 0 unspecified atom stereocenters. The summed E-state index contributed by atoms with van der Waals surface area (Å²) in [5.74, 6) is 1.66. The average molecular weight is 302 g/mol. The molecule has 21 heavy (non-hydrogen) atoms. The van der Waals surface area contributed by atoms with E-state index in [1.165, 1.54) is 34.0 Å². The van der Waals surface area contributed by atoms with Crippen LogP contribution >= 0.6 is 11.3 Å². The number of methoxy groups -OCH3 is 1. The highest BCUT2D eigenvalue weighted by molar-refractivity contribution is 7.11. The van der Waals surface area contributed by atoms with E-state index in [1.54, 1.807) is 7.11 Å². The van der Waals surface area contributed by atoms with Crippen LogP contribution in [0, 0.1) is 0 Å². The van der Waals surface area contributed by atoms with Crippen molar-refractivity contribution in [2.45, 2.75) is 38.6 Å². The molecular formula is C17H22N2OS. The highest BCUT2D eigenvalue weighted by Crippen LogP contribution is 2.43. The third-order valence-corrected chi connectivity index (χ3v) is 4.88. The standard InChI is InChI=1S/C17H22N2OS/c1-3-18-11-15-17(12-8-9-12)19-16(21-15)10-13-6-4-5-7-14(13)20-2/h4-7,12,18H,3,8-11H2,1-2H3. The van der Waals surface area contributed by atoms with E-state index in [4.69, 9.17) is 9.72 Å². The van der Waals surface area contributed by atoms with E-state index in [9.17, 15) is 0 Å². The van der Waals surface area contributed by atoms with Crippen molar-refractivity contribution in [3.63, 3.8) is 0 Å². The van der Waals surface area contributed by atoms with Crippen molar-refractivity contribution in [2.75, 3.05) is 13.7 Å². The fraction of sp³-hybridized carbons (Fsp3) is 0.471. The van der Waals surface area contributed by atoms with Gasteiger partial charge in [0, 0.05) is 29.3 Å². The Balaban J connectivity index is 1.81. The molecule has 0 saturated heterocycles. The fourth-order valence-corrected chi connectivity index (χ4v) is 3.69. The summed E-state index contributed by atoms with van der Waals surface area (Å²) >= 11 is 1.85. The van der Waals surface area contributed by atoms with E-state index >= 15 is 0 Å². The number of nitrogens with one attached hydrogen (secondary N) is 1. The van der Waals surface area contributed by atoms with Gasteiger partial charge in [-0.2, -0.15) is 0 Å². The van der Waals surface area contributed by atoms with Crippen LogP contribution in [0.1, 0.15) is 46.8 Å². The van der Waals surface area contributed by atoms with Gasteiger partial charge < -0.3 is 10.1 Å². The van der Waals surface area contributed by atoms with Crippen LogP contribution in [0.25, 0.3) is 0 Å². The number of hydrogen-bond donors (Lipinski definition) is 1. The Kier molecular flexibility index (Phi) is 4.56. The quantitative estimate of drug-likeness (QED) is 0.846. The number of thiazole rings is 1. The van der Waals surface area contributed by atoms with E-state index in [-0.39, 0.29) is 0 Å². The molecule has 0 amide bonds. The molecule has 0 spiro atoms. The molecule has 1 aliphatic rings. The SMILES string of the molecule is CCNCc1sc(Cc2ccccc2OC)nc1C1CC1. The Bertz CT molecular complexity index is 605. The predicted octanol–water partition coefficient (Wildman–Crippen LogP) is 3.73. The van der Waals surface area contributed by atoms with Crippen LogP contribution in [0.2, 0.25) is 0 Å². The van der Waals surface area contributed by atoms with Crippen molar-refractivity contribution in [3.05, 3.63) is 45.4 Å². The summed E-state index contributed by atoms with van der Waals surface area (Å²) in [7, 11) is 1.73. The van der Waals surface area contributed by atoms with E-state index in [0.29, 0.717) is 5.92 Å². The molecular weight excluding hydrogens is 280 g/mol. The summed E-state index contributed by atoms with van der Waals surface area (Å²) in [6, 6.07) is 8.22. The molecule has 0 atom stereocenters. The lowest BCUT2D eigenvalue weighted by molar-refractivity contribution is 0.410. The molecule has 0 aliphatic heterocycles. The molecule has 0 radical (unpaired) electrons. The van der Waals surface area contributed by atoms with Gasteiger partial charge in [0.2, 0.25) is 0 Å². The van der Waals surface area contributed by atoms with Gasteiger partial charge in [-0.15, -0.1) is 11.3 Å². The smallest absolute Gasteiger partial charge is 0.122 e. The van der Waals surface area contributed by atoms with E-state index in [1.807, 2.05) is 23.5 Å². The van der Waals surface area contributed by atoms with Gasteiger partial charge >= 0.3 is 0 Å². The number of aromatic nitrogens is 1. The van der Waals surface area contributed by atoms with Crippen molar-refractivity contribution in [1.82, 2.24) is 10.3 Å². The van der Waals surface area contributed by atoms with Gasteiger partial charge in [0.25, 0.3) is 0 Å². The first-order valence-electron chi connectivity index (χ1n) is 7.63. The van der Waals surface area contributed by atoms with Crippen molar-refractivity contribution < 1.29 is 4.74 Å². The molecule has 3 rings (SSSR count). The van der Waals surface area contributed by atoms with Crippen LogP contribution in [0.5, 0.6) is 5.75 Å². The zero-order valence-corrected chi connectivity index (χ0v) is 13.5. The Morgan fingerprint density at radius 1 is 1.33 bits per heavy atom. The second kappa shape index (κ2) is 6.58. The Hall–Kier alpha value is -1.39. The van der Waals surface area contributed by atoms with Crippen LogP contribution in [0.4, 0.5) is 0 Å². The van der Waals surface area contributed by atoms with E-state index in [2.05, 4.69) is 24.4 Å². The molecule has 1 N–H and O–H groups in total. The molecule has 1 heterocycles. The first-order chi connectivity index (χ1) is 10.3. The summed E-state index contributed by atoms with van der Waals surface area (Å²) in [6.45, 7) is 4.10. The summed E-state index contributed by atoms with van der Waals surface area (Å²) < 4.78 is 5.44. The van der Waals surface area contributed by atoms with Crippen molar-refractivity contribution in [1.29, 1.82) is 0 Å². The molecule has 1 aliphatic carbocycles. The zero-order chi connectivity index (χ0) is 14.7. The van der Waals surface area contributed by atoms with Gasteiger partial charge in [0.05, 0.1) is 17.8 Å². The monoisotopic (exact) mass is 302 g/mol. The van der Waals surface area contributed by atoms with Crippen LogP contribution in [-0.2, 0) is 13.0 Å². The van der Waals surface area contributed by atoms with Crippen LogP contribution in [-0.4, -0.2) is 18.6 Å². The van der Waals surface area contributed by atoms with Crippen LogP contribution < -0.4 is 10.1 Å². The van der Waals surface area contributed by atoms with Gasteiger partial charge in [0.15, 0.2) is 0 Å². The first kappa shape index (κ1) is 14.5. The van der Waals surface area contributed by atoms with Gasteiger partial charge in [-0.05, 0) is 25.5 Å². The second-order valence-electron chi connectivity index (χ2n) is 5.46. The maximum atomic E-state index is 5.44. The summed E-state index contributed by atoms with van der Waals surface area (Å²) in [6.07, 6.45) is 3.47. The minimum absolute atomic E-state index is 0.710. The minimum Gasteiger partial charge on any atom is -0.496 e. The second-order valence-corrected chi connectivity index (χ2v) is 6.63. The zero-order valence-electron chi connectivity index (χ0n) is 12.7. The topological polar surface area (TPSA) is 34.1 Å². The number of benzene rings is 1. The largest absolute Gasteiger partial charge is 0.496 e. The highest BCUT2D eigenvalue weighted by Gasteiger charge is 2.29. The van der Waals surface area contributed by atoms with E-state index < -0.39 is 0 Å². The number of nitrogens with zero attached hydrogens (tertiary/aromatic N) is 1. The van der Waals surface area contributed by atoms with Crippen LogP contribution in [0.15, 0.2) is 24.3 Å². The van der Waals surface area contributed by atoms with Gasteiger partial charge in [-0.1, -0.05) is 25.1 Å². The molecule has 0 bridgehead atoms. The molecule has 4 heteroatoms. The minimum atomic E-state index is 0.710.